The van der Waals surface area contributed by atoms with Crippen molar-refractivity contribution in [3.05, 3.63) is 35.4 Å². The van der Waals surface area contributed by atoms with Gasteiger partial charge < -0.3 is 10.1 Å². The fraction of sp³-hybridized carbons (Fsp3) is 0.222. The number of carbonyl (C=O) groups is 1. The van der Waals surface area contributed by atoms with E-state index in [2.05, 4.69) is 10.1 Å². The van der Waals surface area contributed by atoms with E-state index >= 15 is 0 Å². The van der Waals surface area contributed by atoms with Crippen LogP contribution in [0.25, 0.3) is 0 Å². The van der Waals surface area contributed by atoms with Crippen molar-refractivity contribution >= 4 is 6.09 Å². The van der Waals surface area contributed by atoms with Crippen molar-refractivity contribution in [2.75, 3.05) is 6.61 Å². The molecule has 1 unspecified atom stereocenters. The van der Waals surface area contributed by atoms with Gasteiger partial charge in [-0.25, -0.2) is 13.6 Å². The lowest BCUT2D eigenvalue weighted by atomic mass is 10.1. The zero-order chi connectivity index (χ0) is 10.1. The van der Waals surface area contributed by atoms with Crippen LogP contribution in [0.1, 0.15) is 11.6 Å². The number of hydrogen-bond acceptors (Lipinski definition) is 2. The van der Waals surface area contributed by atoms with E-state index in [4.69, 9.17) is 0 Å². The molecule has 0 spiro atoms. The first-order valence-corrected chi connectivity index (χ1v) is 4.05. The molecule has 1 N–H and O–H groups in total. The highest BCUT2D eigenvalue weighted by Crippen LogP contribution is 2.21. The van der Waals surface area contributed by atoms with Gasteiger partial charge in [0.25, 0.3) is 0 Å². The van der Waals surface area contributed by atoms with Crippen LogP contribution < -0.4 is 5.32 Å². The van der Waals surface area contributed by atoms with Crippen LogP contribution in [0.15, 0.2) is 18.2 Å². The highest BCUT2D eigenvalue weighted by atomic mass is 19.1. The maximum atomic E-state index is 13.2. The minimum absolute atomic E-state index is 0.0270. The van der Waals surface area contributed by atoms with Crippen molar-refractivity contribution in [2.24, 2.45) is 0 Å². The number of amides is 1. The summed E-state index contributed by atoms with van der Waals surface area (Å²) in [6, 6.07) is 2.50. The molecular weight excluding hydrogens is 192 g/mol. The molecule has 1 fully saturated rings. The summed E-state index contributed by atoms with van der Waals surface area (Å²) in [6.07, 6.45) is -0.612. The van der Waals surface area contributed by atoms with E-state index < -0.39 is 23.8 Å². The van der Waals surface area contributed by atoms with Gasteiger partial charge in [-0.1, -0.05) is 0 Å². The highest BCUT2D eigenvalue weighted by molar-refractivity contribution is 5.70. The largest absolute Gasteiger partial charge is 0.447 e. The van der Waals surface area contributed by atoms with Gasteiger partial charge in [-0.05, 0) is 18.2 Å². The van der Waals surface area contributed by atoms with E-state index in [1.165, 1.54) is 0 Å². The quantitative estimate of drug-likeness (QED) is 0.748. The predicted molar refractivity (Wildman–Crippen MR) is 43.6 cm³/mol. The average molecular weight is 199 g/mol. The van der Waals surface area contributed by atoms with Crippen LogP contribution in [0.2, 0.25) is 0 Å². The molecule has 1 atom stereocenters. The summed E-state index contributed by atoms with van der Waals surface area (Å²) in [7, 11) is 0. The van der Waals surface area contributed by atoms with Gasteiger partial charge in [0.2, 0.25) is 0 Å². The topological polar surface area (TPSA) is 38.3 Å². The van der Waals surface area contributed by atoms with Crippen LogP contribution in [-0.2, 0) is 4.74 Å². The van der Waals surface area contributed by atoms with Crippen LogP contribution in [0, 0.1) is 11.6 Å². The van der Waals surface area contributed by atoms with E-state index in [1.54, 1.807) is 0 Å². The molecule has 0 bridgehead atoms. The Kier molecular flexibility index (Phi) is 2.07. The standard InChI is InChI=1S/C9H7F2NO2/c10-5-1-2-7(11)6(3-5)8-4-14-9(13)12-8/h1-3,8H,4H2,(H,12,13). The molecular formula is C9H7F2NO2. The molecule has 1 aromatic carbocycles. The van der Waals surface area contributed by atoms with Gasteiger partial charge in [0.1, 0.15) is 18.2 Å². The predicted octanol–water partition coefficient (Wildman–Crippen LogP) is 1.75. The lowest BCUT2D eigenvalue weighted by Crippen LogP contribution is -2.19. The van der Waals surface area contributed by atoms with Crippen LogP contribution in [0.3, 0.4) is 0 Å². The zero-order valence-electron chi connectivity index (χ0n) is 7.09. The Bertz CT molecular complexity index is 381. The first kappa shape index (κ1) is 8.93. The van der Waals surface area contributed by atoms with Crippen LogP contribution >= 0.6 is 0 Å². The molecule has 74 valence electrons. The summed E-state index contributed by atoms with van der Waals surface area (Å²) in [5, 5.41) is 2.37. The molecule has 1 heterocycles. The lowest BCUT2D eigenvalue weighted by molar-refractivity contribution is 0.176. The number of carbonyl (C=O) groups excluding carboxylic acids is 1. The van der Waals surface area contributed by atoms with Crippen molar-refractivity contribution in [2.45, 2.75) is 6.04 Å². The summed E-state index contributed by atoms with van der Waals surface area (Å²) < 4.78 is 30.5. The van der Waals surface area contributed by atoms with Crippen LogP contribution in [-0.4, -0.2) is 12.7 Å². The monoisotopic (exact) mass is 199 g/mol. The summed E-state index contributed by atoms with van der Waals surface area (Å²) in [5.74, 6) is -1.09. The first-order valence-electron chi connectivity index (χ1n) is 4.05. The minimum atomic E-state index is -0.612. The van der Waals surface area contributed by atoms with Crippen molar-refractivity contribution < 1.29 is 18.3 Å². The number of hydrogen-bond donors (Lipinski definition) is 1. The smallest absolute Gasteiger partial charge is 0.407 e. The molecule has 1 aromatic rings. The number of halogens is 2. The number of ether oxygens (including phenoxy) is 1. The summed E-state index contributed by atoms with van der Waals surface area (Å²) in [4.78, 5) is 10.7. The maximum Gasteiger partial charge on any atom is 0.407 e. The second kappa shape index (κ2) is 3.25. The number of cyclic esters (lactones) is 1. The highest BCUT2D eigenvalue weighted by Gasteiger charge is 2.26. The van der Waals surface area contributed by atoms with E-state index in [0.717, 1.165) is 18.2 Å². The fourth-order valence-corrected chi connectivity index (χ4v) is 1.33. The second-order valence-electron chi connectivity index (χ2n) is 2.96. The Balaban J connectivity index is 2.31. The van der Waals surface area contributed by atoms with Gasteiger partial charge in [0, 0.05) is 5.56 Å². The molecule has 1 amide bonds. The Morgan fingerprint density at radius 3 is 2.86 bits per heavy atom. The maximum absolute atomic E-state index is 13.2. The third kappa shape index (κ3) is 1.53. The molecule has 0 radical (unpaired) electrons. The summed E-state index contributed by atoms with van der Waals surface area (Å²) in [6.45, 7) is 0.0270. The lowest BCUT2D eigenvalue weighted by Gasteiger charge is -2.08. The van der Waals surface area contributed by atoms with Crippen LogP contribution in [0.4, 0.5) is 13.6 Å². The number of alkyl carbamates (subject to hydrolysis) is 1. The molecule has 1 saturated heterocycles. The van der Waals surface area contributed by atoms with Crippen molar-refractivity contribution in [3.8, 4) is 0 Å². The zero-order valence-corrected chi connectivity index (χ0v) is 7.09. The Hall–Kier alpha value is -1.65. The molecule has 3 nitrogen and oxygen atoms in total. The normalized spacial score (nSPS) is 20.4. The molecule has 5 heteroatoms. The average Bonchev–Trinajstić information content (AvgIpc) is 2.56. The van der Waals surface area contributed by atoms with Crippen LogP contribution in [0.5, 0.6) is 0 Å². The molecule has 0 aromatic heterocycles. The molecule has 0 saturated carbocycles. The van der Waals surface area contributed by atoms with Gasteiger partial charge in [0.15, 0.2) is 0 Å². The molecule has 1 aliphatic rings. The number of rotatable bonds is 1. The van der Waals surface area contributed by atoms with E-state index in [0.29, 0.717) is 0 Å². The summed E-state index contributed by atoms with van der Waals surface area (Å²) in [5.41, 5.74) is 0.107. The van der Waals surface area contributed by atoms with Gasteiger partial charge in [-0.15, -0.1) is 0 Å². The minimum Gasteiger partial charge on any atom is -0.447 e. The van der Waals surface area contributed by atoms with Crippen molar-refractivity contribution in [3.63, 3.8) is 0 Å². The molecule has 14 heavy (non-hydrogen) atoms. The molecule has 2 rings (SSSR count). The van der Waals surface area contributed by atoms with Gasteiger partial charge >= 0.3 is 6.09 Å². The van der Waals surface area contributed by atoms with E-state index in [1.807, 2.05) is 0 Å². The van der Waals surface area contributed by atoms with Crippen molar-refractivity contribution in [1.29, 1.82) is 0 Å². The number of benzene rings is 1. The third-order valence-electron chi connectivity index (χ3n) is 2.01. The third-order valence-corrected chi connectivity index (χ3v) is 2.01. The van der Waals surface area contributed by atoms with Gasteiger partial charge in [-0.2, -0.15) is 0 Å². The fourth-order valence-electron chi connectivity index (χ4n) is 1.33. The van der Waals surface area contributed by atoms with Gasteiger partial charge in [-0.3, -0.25) is 0 Å². The Morgan fingerprint density at radius 1 is 1.43 bits per heavy atom. The Morgan fingerprint density at radius 2 is 2.21 bits per heavy atom. The number of nitrogens with one attached hydrogen (secondary N) is 1. The molecule has 1 aliphatic heterocycles. The SMILES string of the molecule is O=C1NC(c2cc(F)ccc2F)CO1. The Labute approximate surface area is 78.7 Å². The van der Waals surface area contributed by atoms with Gasteiger partial charge in [0.05, 0.1) is 6.04 Å². The first-order chi connectivity index (χ1) is 6.66. The summed E-state index contributed by atoms with van der Waals surface area (Å²) >= 11 is 0. The molecule has 0 aliphatic carbocycles. The van der Waals surface area contributed by atoms with E-state index in [9.17, 15) is 13.6 Å². The van der Waals surface area contributed by atoms with E-state index in [-0.39, 0.29) is 12.2 Å². The van der Waals surface area contributed by atoms with Crippen molar-refractivity contribution in [1.82, 2.24) is 5.32 Å². The second-order valence-corrected chi connectivity index (χ2v) is 2.96.